The number of hydrogen-bond donors (Lipinski definition) is 0. The lowest BCUT2D eigenvalue weighted by atomic mass is 9.93. The van der Waals surface area contributed by atoms with Gasteiger partial charge in [-0.1, -0.05) is 90.5 Å². The maximum Gasteiger partial charge on any atom is 0.0784 e. The van der Waals surface area contributed by atoms with Gasteiger partial charge in [-0.2, -0.15) is 0 Å². The van der Waals surface area contributed by atoms with Gasteiger partial charge in [0.25, 0.3) is 0 Å². The first-order valence-electron chi connectivity index (χ1n) is 9.50. The summed E-state index contributed by atoms with van der Waals surface area (Å²) in [6, 6.07) is 23.8. The summed E-state index contributed by atoms with van der Waals surface area (Å²) in [6.07, 6.45) is 0. The van der Waals surface area contributed by atoms with Crippen LogP contribution < -0.4 is 5.19 Å². The van der Waals surface area contributed by atoms with Gasteiger partial charge in [0.1, 0.15) is 0 Å². The van der Waals surface area contributed by atoms with Crippen LogP contribution in [0.5, 0.6) is 0 Å². The predicted molar refractivity (Wildman–Crippen MR) is 129 cm³/mol. The van der Waals surface area contributed by atoms with E-state index in [4.69, 9.17) is 23.2 Å². The molecular formula is C25H20Cl2Si. The van der Waals surface area contributed by atoms with Gasteiger partial charge in [-0.05, 0) is 67.4 Å². The topological polar surface area (TPSA) is 0 Å². The molecule has 0 heterocycles. The molecule has 0 nitrogen and oxygen atoms in total. The molecule has 0 fully saturated rings. The van der Waals surface area contributed by atoms with Crippen LogP contribution in [0.3, 0.4) is 0 Å². The van der Waals surface area contributed by atoms with Gasteiger partial charge in [0.15, 0.2) is 0 Å². The molecule has 0 radical (unpaired) electrons. The summed E-state index contributed by atoms with van der Waals surface area (Å²) >= 11 is 12.6. The second-order valence-electron chi connectivity index (χ2n) is 8.56. The second kappa shape index (κ2) is 6.22. The molecule has 0 bridgehead atoms. The zero-order valence-corrected chi connectivity index (χ0v) is 18.6. The van der Waals surface area contributed by atoms with E-state index in [0.717, 1.165) is 10.0 Å². The first-order valence-corrected chi connectivity index (χ1v) is 13.8. The molecule has 0 aliphatic rings. The number of halogens is 2. The fraction of sp³-hybridized carbons (Fsp3) is 0.120. The zero-order chi connectivity index (χ0) is 19.6. The lowest BCUT2D eigenvalue weighted by Crippen LogP contribution is -2.38. The van der Waals surface area contributed by atoms with E-state index in [1.807, 2.05) is 12.1 Å². The molecule has 0 aliphatic carbocycles. The van der Waals surface area contributed by atoms with Gasteiger partial charge in [0.2, 0.25) is 0 Å². The summed E-state index contributed by atoms with van der Waals surface area (Å²) in [5.74, 6) is 0. The Balaban J connectivity index is 2.13. The number of fused-ring (bicyclic) bond motifs is 7. The van der Waals surface area contributed by atoms with Crippen LogP contribution in [-0.4, -0.2) is 8.07 Å². The van der Waals surface area contributed by atoms with E-state index in [1.54, 1.807) is 0 Å². The third kappa shape index (κ3) is 2.73. The quantitative estimate of drug-likeness (QED) is 0.190. The van der Waals surface area contributed by atoms with Gasteiger partial charge in [-0.3, -0.25) is 0 Å². The fourth-order valence-electron chi connectivity index (χ4n) is 4.37. The van der Waals surface area contributed by atoms with E-state index in [-0.39, 0.29) is 0 Å². The van der Waals surface area contributed by atoms with Crippen LogP contribution in [0.25, 0.3) is 43.1 Å². The van der Waals surface area contributed by atoms with Gasteiger partial charge in [-0.15, -0.1) is 0 Å². The van der Waals surface area contributed by atoms with Gasteiger partial charge >= 0.3 is 0 Å². The van der Waals surface area contributed by atoms with Crippen molar-refractivity contribution < 1.29 is 0 Å². The van der Waals surface area contributed by atoms with Crippen molar-refractivity contribution in [1.82, 2.24) is 0 Å². The molecule has 0 atom stereocenters. The van der Waals surface area contributed by atoms with E-state index in [9.17, 15) is 0 Å². The molecule has 5 aromatic carbocycles. The Labute approximate surface area is 175 Å². The molecule has 0 aromatic heterocycles. The monoisotopic (exact) mass is 418 g/mol. The first-order chi connectivity index (χ1) is 13.3. The summed E-state index contributed by atoms with van der Waals surface area (Å²) in [6.45, 7) is 7.25. The molecule has 5 rings (SSSR count). The largest absolute Gasteiger partial charge is 0.0843 e. The first kappa shape index (κ1) is 18.0. The van der Waals surface area contributed by atoms with Crippen molar-refractivity contribution in [2.75, 3.05) is 0 Å². The summed E-state index contributed by atoms with van der Waals surface area (Å²) in [5, 5.41) is 13.2. The van der Waals surface area contributed by atoms with Gasteiger partial charge < -0.3 is 0 Å². The van der Waals surface area contributed by atoms with E-state index in [1.165, 1.54) is 48.3 Å². The molecule has 0 saturated carbocycles. The smallest absolute Gasteiger partial charge is 0.0784 e. The standard InChI is InChI=1S/C25H20Cl2Si/c1-28(2,3)23-14-17-5-4-15-12-18(26)7-10-20(15)24(17)25-21-11-8-19(27)13-16(21)6-9-22(23)25/h4-14H,1-3H3. The molecule has 5 aromatic rings. The Morgan fingerprint density at radius 1 is 0.536 bits per heavy atom. The maximum absolute atomic E-state index is 6.30. The normalized spacial score (nSPS) is 12.5. The highest BCUT2D eigenvalue weighted by Gasteiger charge is 2.22. The van der Waals surface area contributed by atoms with E-state index >= 15 is 0 Å². The number of hydrogen-bond acceptors (Lipinski definition) is 0. The lowest BCUT2D eigenvalue weighted by molar-refractivity contribution is 1.74. The van der Waals surface area contributed by atoms with Crippen LogP contribution >= 0.6 is 23.2 Å². The predicted octanol–water partition coefficient (Wildman–Crippen LogP) is 8.15. The Morgan fingerprint density at radius 3 is 1.64 bits per heavy atom. The molecule has 0 unspecified atom stereocenters. The molecule has 138 valence electrons. The summed E-state index contributed by atoms with van der Waals surface area (Å²) in [4.78, 5) is 0. The minimum atomic E-state index is -1.54. The van der Waals surface area contributed by atoms with E-state index < -0.39 is 8.07 Å². The van der Waals surface area contributed by atoms with E-state index in [2.05, 4.69) is 74.2 Å². The molecule has 0 spiro atoms. The van der Waals surface area contributed by atoms with Crippen LogP contribution in [-0.2, 0) is 0 Å². The third-order valence-electron chi connectivity index (χ3n) is 5.64. The Kier molecular flexibility index (Phi) is 4.00. The second-order valence-corrected chi connectivity index (χ2v) is 14.5. The summed E-state index contributed by atoms with van der Waals surface area (Å²) < 4.78 is 0. The average molecular weight is 419 g/mol. The van der Waals surface area contributed by atoms with Crippen molar-refractivity contribution in [3.05, 3.63) is 76.8 Å². The lowest BCUT2D eigenvalue weighted by Gasteiger charge is -2.22. The third-order valence-corrected chi connectivity index (χ3v) is 8.14. The highest BCUT2D eigenvalue weighted by Crippen LogP contribution is 2.37. The Hall–Kier alpha value is -2.06. The van der Waals surface area contributed by atoms with Crippen molar-refractivity contribution in [2.45, 2.75) is 19.6 Å². The highest BCUT2D eigenvalue weighted by atomic mass is 35.5. The molecule has 28 heavy (non-hydrogen) atoms. The van der Waals surface area contributed by atoms with Crippen molar-refractivity contribution >= 4 is 79.6 Å². The van der Waals surface area contributed by atoms with Crippen LogP contribution in [0.1, 0.15) is 0 Å². The Morgan fingerprint density at radius 2 is 1.04 bits per heavy atom. The maximum atomic E-state index is 6.30. The number of benzene rings is 5. The fourth-order valence-corrected chi connectivity index (χ4v) is 6.33. The molecule has 3 heteroatoms. The van der Waals surface area contributed by atoms with Crippen molar-refractivity contribution in [3.8, 4) is 0 Å². The SMILES string of the molecule is C[Si](C)(C)c1cc2ccc3cc(Cl)ccc3c2c2c1ccc1cc(Cl)ccc12. The van der Waals surface area contributed by atoms with Crippen LogP contribution in [0.4, 0.5) is 0 Å². The van der Waals surface area contributed by atoms with Crippen molar-refractivity contribution in [2.24, 2.45) is 0 Å². The highest BCUT2D eigenvalue weighted by molar-refractivity contribution is 6.90. The van der Waals surface area contributed by atoms with Crippen LogP contribution in [0.15, 0.2) is 66.7 Å². The summed E-state index contributed by atoms with van der Waals surface area (Å²) in [5.41, 5.74) is 0. The van der Waals surface area contributed by atoms with Gasteiger partial charge in [0.05, 0.1) is 8.07 Å². The van der Waals surface area contributed by atoms with Crippen molar-refractivity contribution in [1.29, 1.82) is 0 Å². The van der Waals surface area contributed by atoms with Crippen LogP contribution in [0, 0.1) is 0 Å². The van der Waals surface area contributed by atoms with Gasteiger partial charge in [0, 0.05) is 10.0 Å². The Bertz CT molecular complexity index is 1410. The molecule has 0 saturated heterocycles. The van der Waals surface area contributed by atoms with Gasteiger partial charge in [-0.25, -0.2) is 0 Å². The molecular weight excluding hydrogens is 399 g/mol. The zero-order valence-electron chi connectivity index (χ0n) is 16.1. The average Bonchev–Trinajstić information content (AvgIpc) is 2.65. The van der Waals surface area contributed by atoms with Crippen molar-refractivity contribution in [3.63, 3.8) is 0 Å². The molecule has 0 N–H and O–H groups in total. The minimum absolute atomic E-state index is 0.770. The van der Waals surface area contributed by atoms with Crippen LogP contribution in [0.2, 0.25) is 29.7 Å². The van der Waals surface area contributed by atoms with E-state index in [0.29, 0.717) is 0 Å². The molecule has 0 aliphatic heterocycles. The molecule has 0 amide bonds. The minimum Gasteiger partial charge on any atom is -0.0843 e. The summed E-state index contributed by atoms with van der Waals surface area (Å²) in [7, 11) is -1.54. The number of rotatable bonds is 1.